The number of hydrogen-bond donors (Lipinski definition) is 0. The Morgan fingerprint density at radius 1 is 1.33 bits per heavy atom. The van der Waals surface area contributed by atoms with Crippen LogP contribution in [0.3, 0.4) is 0 Å². The minimum atomic E-state index is -4.42. The van der Waals surface area contributed by atoms with Gasteiger partial charge in [-0.05, 0) is 35.7 Å². The molecule has 0 spiro atoms. The van der Waals surface area contributed by atoms with Gasteiger partial charge in [0.1, 0.15) is 0 Å². The number of halogens is 4. The monoisotopic (exact) mass is 275 g/mol. The Kier molecular flexibility index (Phi) is 5.07. The van der Waals surface area contributed by atoms with Crippen LogP contribution in [0.25, 0.3) is 16.5 Å². The van der Waals surface area contributed by atoms with Gasteiger partial charge in [-0.2, -0.15) is 13.2 Å². The predicted molar refractivity (Wildman–Crippen MR) is 64.1 cm³/mol. The van der Waals surface area contributed by atoms with Gasteiger partial charge in [0, 0.05) is 16.5 Å². The molecule has 18 heavy (non-hydrogen) atoms. The second-order valence-electron chi connectivity index (χ2n) is 3.42. The lowest BCUT2D eigenvalue weighted by molar-refractivity contribution is -0.137. The van der Waals surface area contributed by atoms with Crippen molar-refractivity contribution in [1.29, 1.82) is 0 Å². The smallest absolute Gasteiger partial charge is 0.166 e. The van der Waals surface area contributed by atoms with Crippen molar-refractivity contribution < 1.29 is 13.2 Å². The molecule has 0 aromatic heterocycles. The largest absolute Gasteiger partial charge is 0.416 e. The van der Waals surface area contributed by atoms with E-state index in [0.29, 0.717) is 12.0 Å². The van der Waals surface area contributed by atoms with Crippen molar-refractivity contribution in [3.63, 3.8) is 0 Å². The number of azide groups is 1. The quantitative estimate of drug-likeness (QED) is 0.319. The van der Waals surface area contributed by atoms with E-state index in [1.807, 2.05) is 0 Å². The molecule has 7 heteroatoms. The summed E-state index contributed by atoms with van der Waals surface area (Å²) < 4.78 is 37.5. The van der Waals surface area contributed by atoms with Crippen LogP contribution >= 0.6 is 11.6 Å². The molecule has 0 heterocycles. The Hall–Kier alpha value is -1.65. The first kappa shape index (κ1) is 14.4. The van der Waals surface area contributed by atoms with Gasteiger partial charge in [0.25, 0.3) is 0 Å². The maximum atomic E-state index is 12.5. The molecule has 1 aromatic carbocycles. The van der Waals surface area contributed by atoms with Crippen LogP contribution in [0.15, 0.2) is 29.4 Å². The molecule has 0 saturated heterocycles. The van der Waals surface area contributed by atoms with E-state index in [4.69, 9.17) is 17.1 Å². The maximum absolute atomic E-state index is 12.5. The number of nitrogens with zero attached hydrogens (tertiary/aromatic N) is 3. The molecule has 0 fully saturated rings. The summed E-state index contributed by atoms with van der Waals surface area (Å²) in [5, 5.41) is 3.33. The summed E-state index contributed by atoms with van der Waals surface area (Å²) in [6.45, 7) is 0.264. The molecule has 0 bridgehead atoms. The number of rotatable bonds is 4. The predicted octanol–water partition coefficient (Wildman–Crippen LogP) is 5.07. The van der Waals surface area contributed by atoms with E-state index in [1.54, 1.807) is 6.08 Å². The molecule has 0 atom stereocenters. The van der Waals surface area contributed by atoms with Crippen LogP contribution in [0.4, 0.5) is 13.2 Å². The average molecular weight is 276 g/mol. The summed E-state index contributed by atoms with van der Waals surface area (Å²) in [5.41, 5.74) is 7.61. The molecule has 0 aliphatic rings. The number of benzene rings is 1. The van der Waals surface area contributed by atoms with Gasteiger partial charge in [-0.1, -0.05) is 28.9 Å². The zero-order valence-electron chi connectivity index (χ0n) is 9.15. The normalized spacial score (nSPS) is 11.6. The zero-order valence-corrected chi connectivity index (χ0v) is 9.91. The van der Waals surface area contributed by atoms with Gasteiger partial charge in [0.2, 0.25) is 0 Å². The molecule has 3 nitrogen and oxygen atoms in total. The van der Waals surface area contributed by atoms with E-state index in [2.05, 4.69) is 10.0 Å². The maximum Gasteiger partial charge on any atom is 0.416 e. The van der Waals surface area contributed by atoms with Gasteiger partial charge in [0.15, 0.2) is 0 Å². The summed E-state index contributed by atoms with van der Waals surface area (Å²) in [5.74, 6) is 0. The highest BCUT2D eigenvalue weighted by Crippen LogP contribution is 2.32. The molecule has 0 unspecified atom stereocenters. The lowest BCUT2D eigenvalue weighted by Gasteiger charge is -2.08. The topological polar surface area (TPSA) is 48.8 Å². The lowest BCUT2D eigenvalue weighted by atomic mass is 10.1. The third-order valence-electron chi connectivity index (χ3n) is 2.02. The Morgan fingerprint density at radius 2 is 2.06 bits per heavy atom. The minimum absolute atomic E-state index is 0.0273. The van der Waals surface area contributed by atoms with E-state index >= 15 is 0 Å². The fourth-order valence-electron chi connectivity index (χ4n) is 1.27. The molecule has 0 aliphatic carbocycles. The standard InChI is InChI=1S/C11H9ClF3N3/c12-10-6-8(3-1-2-4-17-18-16)5-9(7-10)11(13,14)15/h1,3,5-7H,2,4H2. The van der Waals surface area contributed by atoms with Gasteiger partial charge < -0.3 is 0 Å². The first-order valence-corrected chi connectivity index (χ1v) is 5.36. The second kappa shape index (κ2) is 6.33. The van der Waals surface area contributed by atoms with Crippen molar-refractivity contribution in [2.75, 3.05) is 6.54 Å². The number of hydrogen-bond acceptors (Lipinski definition) is 1. The van der Waals surface area contributed by atoms with Crippen molar-refractivity contribution in [2.24, 2.45) is 5.11 Å². The lowest BCUT2D eigenvalue weighted by Crippen LogP contribution is -2.04. The zero-order chi connectivity index (χ0) is 13.6. The van der Waals surface area contributed by atoms with Crippen LogP contribution in [-0.2, 0) is 6.18 Å². The van der Waals surface area contributed by atoms with Gasteiger partial charge in [-0.3, -0.25) is 0 Å². The third kappa shape index (κ3) is 4.69. The van der Waals surface area contributed by atoms with Crippen LogP contribution in [0.5, 0.6) is 0 Å². The summed E-state index contributed by atoms with van der Waals surface area (Å²) in [6, 6.07) is 3.32. The van der Waals surface area contributed by atoms with E-state index in [1.165, 1.54) is 12.1 Å². The van der Waals surface area contributed by atoms with Gasteiger partial charge in [0.05, 0.1) is 5.56 Å². The molecule has 0 aliphatic heterocycles. The summed E-state index contributed by atoms with van der Waals surface area (Å²) in [4.78, 5) is 2.56. The fraction of sp³-hybridized carbons (Fsp3) is 0.273. The summed E-state index contributed by atoms with van der Waals surface area (Å²) in [6.07, 6.45) is -0.828. The van der Waals surface area contributed by atoms with E-state index in [9.17, 15) is 13.2 Å². The van der Waals surface area contributed by atoms with Crippen LogP contribution in [0.2, 0.25) is 5.02 Å². The Morgan fingerprint density at radius 3 is 2.67 bits per heavy atom. The highest BCUT2D eigenvalue weighted by molar-refractivity contribution is 6.30. The second-order valence-corrected chi connectivity index (χ2v) is 3.85. The molecular weight excluding hydrogens is 267 g/mol. The van der Waals surface area contributed by atoms with Gasteiger partial charge >= 0.3 is 6.18 Å². The van der Waals surface area contributed by atoms with Crippen molar-refractivity contribution in [2.45, 2.75) is 12.6 Å². The fourth-order valence-corrected chi connectivity index (χ4v) is 1.51. The van der Waals surface area contributed by atoms with E-state index in [0.717, 1.165) is 12.1 Å². The summed E-state index contributed by atoms with van der Waals surface area (Å²) >= 11 is 5.62. The highest BCUT2D eigenvalue weighted by Gasteiger charge is 2.30. The van der Waals surface area contributed by atoms with Crippen molar-refractivity contribution in [3.8, 4) is 0 Å². The molecular formula is C11H9ClF3N3. The van der Waals surface area contributed by atoms with E-state index < -0.39 is 11.7 Å². The van der Waals surface area contributed by atoms with Crippen molar-refractivity contribution in [3.05, 3.63) is 50.9 Å². The highest BCUT2D eigenvalue weighted by atomic mass is 35.5. The molecule has 0 radical (unpaired) electrons. The Labute approximate surface area is 107 Å². The van der Waals surface area contributed by atoms with Crippen LogP contribution in [-0.4, -0.2) is 6.54 Å². The van der Waals surface area contributed by atoms with Crippen molar-refractivity contribution in [1.82, 2.24) is 0 Å². The molecule has 0 N–H and O–H groups in total. The summed E-state index contributed by atoms with van der Waals surface area (Å²) in [7, 11) is 0. The van der Waals surface area contributed by atoms with Crippen molar-refractivity contribution >= 4 is 17.7 Å². The van der Waals surface area contributed by atoms with Crippen LogP contribution in [0, 0.1) is 0 Å². The van der Waals surface area contributed by atoms with Crippen LogP contribution < -0.4 is 0 Å². The van der Waals surface area contributed by atoms with E-state index in [-0.39, 0.29) is 11.6 Å². The first-order chi connectivity index (χ1) is 8.43. The first-order valence-electron chi connectivity index (χ1n) is 4.98. The number of alkyl halides is 3. The molecule has 0 amide bonds. The molecule has 0 saturated carbocycles. The molecule has 1 aromatic rings. The Bertz CT molecular complexity index is 491. The van der Waals surface area contributed by atoms with Crippen LogP contribution in [0.1, 0.15) is 17.5 Å². The molecule has 96 valence electrons. The SMILES string of the molecule is [N-]=[N+]=NCCC=Cc1cc(Cl)cc(C(F)(F)F)c1. The van der Waals surface area contributed by atoms with Gasteiger partial charge in [-0.25, -0.2) is 0 Å². The Balaban J connectivity index is 2.83. The van der Waals surface area contributed by atoms with Gasteiger partial charge in [-0.15, -0.1) is 0 Å². The average Bonchev–Trinajstić information content (AvgIpc) is 2.27. The molecule has 1 rings (SSSR count). The third-order valence-corrected chi connectivity index (χ3v) is 2.23. The minimum Gasteiger partial charge on any atom is -0.166 e.